The lowest BCUT2D eigenvalue weighted by Gasteiger charge is -2.08. The minimum Gasteiger partial charge on any atom is -0.292 e. The summed E-state index contributed by atoms with van der Waals surface area (Å²) in [6, 6.07) is 10.0. The Bertz CT molecular complexity index is 571. The van der Waals surface area contributed by atoms with Gasteiger partial charge in [-0.3, -0.25) is 9.48 Å². The molecular weight excluding hydrogens is 212 g/mol. The summed E-state index contributed by atoms with van der Waals surface area (Å²) in [4.78, 5) is 12.3. The minimum atomic E-state index is 0.00102. The maximum absolute atomic E-state index is 12.3. The Morgan fingerprint density at radius 2 is 2.18 bits per heavy atom. The lowest BCUT2D eigenvalue weighted by Crippen LogP contribution is -2.11. The molecule has 3 nitrogen and oxygen atoms in total. The van der Waals surface area contributed by atoms with E-state index in [0.717, 1.165) is 12.8 Å². The highest BCUT2D eigenvalue weighted by Crippen LogP contribution is 2.34. The number of rotatable bonds is 2. The first-order chi connectivity index (χ1) is 8.25. The molecular formula is C14H14N2O. The predicted molar refractivity (Wildman–Crippen MR) is 65.0 cm³/mol. The largest absolute Gasteiger partial charge is 0.292 e. The van der Waals surface area contributed by atoms with Crippen molar-refractivity contribution < 1.29 is 4.79 Å². The van der Waals surface area contributed by atoms with Gasteiger partial charge in [-0.1, -0.05) is 24.3 Å². The monoisotopic (exact) mass is 226 g/mol. The molecule has 3 heteroatoms. The first kappa shape index (κ1) is 10.3. The van der Waals surface area contributed by atoms with Gasteiger partial charge in [0.05, 0.1) is 0 Å². The number of carbonyl (C=O) groups is 1. The van der Waals surface area contributed by atoms with Crippen LogP contribution in [0.15, 0.2) is 36.5 Å². The van der Waals surface area contributed by atoms with Crippen molar-refractivity contribution in [3.63, 3.8) is 0 Å². The molecule has 0 amide bonds. The number of aromatic nitrogens is 2. The Kier molecular flexibility index (Phi) is 2.32. The Morgan fingerprint density at radius 1 is 1.35 bits per heavy atom. The predicted octanol–water partition coefficient (Wildman–Crippen LogP) is 2.33. The van der Waals surface area contributed by atoms with Gasteiger partial charge in [0, 0.05) is 19.2 Å². The summed E-state index contributed by atoms with van der Waals surface area (Å²) >= 11 is 0. The van der Waals surface area contributed by atoms with Gasteiger partial charge < -0.3 is 0 Å². The van der Waals surface area contributed by atoms with E-state index in [1.807, 2.05) is 25.4 Å². The van der Waals surface area contributed by atoms with Crippen molar-refractivity contribution in [2.75, 3.05) is 0 Å². The zero-order valence-corrected chi connectivity index (χ0v) is 9.76. The number of hydrogen-bond acceptors (Lipinski definition) is 2. The fourth-order valence-corrected chi connectivity index (χ4v) is 2.55. The molecule has 0 aliphatic heterocycles. The zero-order valence-electron chi connectivity index (χ0n) is 9.76. The summed E-state index contributed by atoms with van der Waals surface area (Å²) < 4.78 is 1.67. The van der Waals surface area contributed by atoms with Crippen LogP contribution in [0, 0.1) is 0 Å². The van der Waals surface area contributed by atoms with E-state index in [-0.39, 0.29) is 11.7 Å². The van der Waals surface area contributed by atoms with E-state index in [4.69, 9.17) is 0 Å². The first-order valence-electron chi connectivity index (χ1n) is 5.87. The van der Waals surface area contributed by atoms with E-state index in [2.05, 4.69) is 17.2 Å². The molecule has 1 atom stereocenters. The Morgan fingerprint density at radius 3 is 2.94 bits per heavy atom. The van der Waals surface area contributed by atoms with Crippen LogP contribution in [-0.2, 0) is 13.5 Å². The van der Waals surface area contributed by atoms with Gasteiger partial charge in [0.25, 0.3) is 0 Å². The standard InChI is InChI=1S/C14H14N2O/c1-16-9-8-13(15-16)14(17)12-7-6-10-4-2-3-5-11(10)12/h2-5,8-9,12H,6-7H2,1H3. The van der Waals surface area contributed by atoms with E-state index in [9.17, 15) is 4.79 Å². The van der Waals surface area contributed by atoms with E-state index >= 15 is 0 Å². The molecule has 1 aromatic heterocycles. The summed E-state index contributed by atoms with van der Waals surface area (Å²) in [5.41, 5.74) is 3.07. The van der Waals surface area contributed by atoms with Gasteiger partial charge in [-0.25, -0.2) is 0 Å². The lowest BCUT2D eigenvalue weighted by molar-refractivity contribution is 0.0954. The first-order valence-corrected chi connectivity index (χ1v) is 5.87. The molecule has 3 rings (SSSR count). The maximum atomic E-state index is 12.3. The molecule has 1 heterocycles. The van der Waals surface area contributed by atoms with Gasteiger partial charge in [0.1, 0.15) is 5.69 Å². The summed E-state index contributed by atoms with van der Waals surface area (Å²) in [5.74, 6) is 0.150. The lowest BCUT2D eigenvalue weighted by atomic mass is 9.95. The van der Waals surface area contributed by atoms with Crippen LogP contribution in [0.2, 0.25) is 0 Å². The van der Waals surface area contributed by atoms with Crippen LogP contribution in [-0.4, -0.2) is 15.6 Å². The number of hydrogen-bond donors (Lipinski definition) is 0. The van der Waals surface area contributed by atoms with Crippen molar-refractivity contribution in [3.05, 3.63) is 53.3 Å². The molecule has 0 bridgehead atoms. The highest BCUT2D eigenvalue weighted by molar-refractivity contribution is 6.00. The Hall–Kier alpha value is -1.90. The van der Waals surface area contributed by atoms with Crippen molar-refractivity contribution in [1.29, 1.82) is 0 Å². The normalized spacial score (nSPS) is 18.1. The number of benzene rings is 1. The second-order valence-corrected chi connectivity index (χ2v) is 4.53. The average Bonchev–Trinajstić information content (AvgIpc) is 2.94. The SMILES string of the molecule is Cn1ccc(C(=O)C2CCc3ccccc32)n1. The molecule has 17 heavy (non-hydrogen) atoms. The fourth-order valence-electron chi connectivity index (χ4n) is 2.55. The van der Waals surface area contributed by atoms with E-state index < -0.39 is 0 Å². The van der Waals surface area contributed by atoms with Crippen LogP contribution in [0.4, 0.5) is 0 Å². The number of ketones is 1. The van der Waals surface area contributed by atoms with Gasteiger partial charge in [0.15, 0.2) is 5.78 Å². The van der Waals surface area contributed by atoms with Gasteiger partial charge >= 0.3 is 0 Å². The van der Waals surface area contributed by atoms with E-state index in [0.29, 0.717) is 5.69 Å². The van der Waals surface area contributed by atoms with Crippen LogP contribution >= 0.6 is 0 Å². The Labute approximate surface area is 100 Å². The molecule has 0 fully saturated rings. The maximum Gasteiger partial charge on any atom is 0.190 e. The van der Waals surface area contributed by atoms with Crippen LogP contribution in [0.25, 0.3) is 0 Å². The molecule has 0 radical (unpaired) electrons. The van der Waals surface area contributed by atoms with Crippen LogP contribution in [0.5, 0.6) is 0 Å². The summed E-state index contributed by atoms with van der Waals surface area (Å²) in [6.45, 7) is 0. The summed E-state index contributed by atoms with van der Waals surface area (Å²) in [6.07, 6.45) is 3.72. The molecule has 1 aromatic carbocycles. The topological polar surface area (TPSA) is 34.9 Å². The van der Waals surface area contributed by atoms with Crippen LogP contribution < -0.4 is 0 Å². The molecule has 0 saturated carbocycles. The molecule has 0 spiro atoms. The van der Waals surface area contributed by atoms with Crippen molar-refractivity contribution >= 4 is 5.78 Å². The zero-order chi connectivity index (χ0) is 11.8. The van der Waals surface area contributed by atoms with Gasteiger partial charge in [-0.15, -0.1) is 0 Å². The van der Waals surface area contributed by atoms with Crippen molar-refractivity contribution in [3.8, 4) is 0 Å². The third kappa shape index (κ3) is 1.68. The molecule has 2 aromatic rings. The number of nitrogens with zero attached hydrogens (tertiary/aromatic N) is 2. The van der Waals surface area contributed by atoms with Gasteiger partial charge in [-0.2, -0.15) is 5.10 Å². The van der Waals surface area contributed by atoms with Crippen molar-refractivity contribution in [2.24, 2.45) is 7.05 Å². The number of Topliss-reactive ketones (excluding diaryl/α,β-unsaturated/α-hetero) is 1. The van der Waals surface area contributed by atoms with Gasteiger partial charge in [0.2, 0.25) is 0 Å². The number of fused-ring (bicyclic) bond motifs is 1. The van der Waals surface area contributed by atoms with Crippen molar-refractivity contribution in [1.82, 2.24) is 9.78 Å². The highest BCUT2D eigenvalue weighted by Gasteiger charge is 2.29. The molecule has 1 aliphatic rings. The van der Waals surface area contributed by atoms with E-state index in [1.165, 1.54) is 11.1 Å². The Balaban J connectivity index is 1.95. The van der Waals surface area contributed by atoms with Gasteiger partial charge in [-0.05, 0) is 30.0 Å². The van der Waals surface area contributed by atoms with Crippen LogP contribution in [0.3, 0.4) is 0 Å². The number of carbonyl (C=O) groups excluding carboxylic acids is 1. The summed E-state index contributed by atoms with van der Waals surface area (Å²) in [5, 5.41) is 4.20. The molecule has 86 valence electrons. The second-order valence-electron chi connectivity index (χ2n) is 4.53. The fraction of sp³-hybridized carbons (Fsp3) is 0.286. The van der Waals surface area contributed by atoms with E-state index in [1.54, 1.807) is 10.7 Å². The quantitative estimate of drug-likeness (QED) is 0.737. The molecule has 1 aliphatic carbocycles. The van der Waals surface area contributed by atoms with Crippen LogP contribution in [0.1, 0.15) is 34.0 Å². The molecule has 0 N–H and O–H groups in total. The van der Waals surface area contributed by atoms with Crippen molar-refractivity contribution in [2.45, 2.75) is 18.8 Å². The molecule has 1 unspecified atom stereocenters. The molecule has 0 saturated heterocycles. The third-order valence-electron chi connectivity index (χ3n) is 3.42. The highest BCUT2D eigenvalue weighted by atomic mass is 16.1. The average molecular weight is 226 g/mol. The second kappa shape index (κ2) is 3.84. The minimum absolute atomic E-state index is 0.00102. The number of aryl methyl sites for hydroxylation is 2. The summed E-state index contributed by atoms with van der Waals surface area (Å²) in [7, 11) is 1.83. The smallest absolute Gasteiger partial charge is 0.190 e. The third-order valence-corrected chi connectivity index (χ3v) is 3.42.